The van der Waals surface area contributed by atoms with Crippen LogP contribution in [0.25, 0.3) is 0 Å². The molecule has 0 saturated carbocycles. The van der Waals surface area contributed by atoms with Crippen LogP contribution in [0.5, 0.6) is 0 Å². The first kappa shape index (κ1) is 23.1. The first-order chi connectivity index (χ1) is 15.0. The Kier molecular flexibility index (Phi) is 8.30. The third kappa shape index (κ3) is 6.44. The molecule has 7 nitrogen and oxygen atoms in total. The number of piperidine rings is 1. The molecule has 0 spiro atoms. The maximum atomic E-state index is 14.5. The fraction of sp³-hybridized carbons (Fsp3) is 0.429. The van der Waals surface area contributed by atoms with E-state index >= 15 is 0 Å². The molecule has 2 N–H and O–H groups in total. The fourth-order valence-electron chi connectivity index (χ4n) is 3.29. The molecule has 166 valence electrons. The smallest absolute Gasteiger partial charge is 0.302 e. The highest BCUT2D eigenvalue weighted by atomic mass is 32.2. The van der Waals surface area contributed by atoms with Gasteiger partial charge in [-0.15, -0.1) is 22.0 Å². The Hall–Kier alpha value is -2.59. The summed E-state index contributed by atoms with van der Waals surface area (Å²) in [7, 11) is 0. The van der Waals surface area contributed by atoms with Gasteiger partial charge < -0.3 is 10.0 Å². The number of thioether (sulfide) groups is 1. The Morgan fingerprint density at radius 2 is 2.13 bits per heavy atom. The van der Waals surface area contributed by atoms with E-state index in [1.807, 2.05) is 12.2 Å². The average molecular weight is 450 g/mol. The number of aromatic amines is 1. The third-order valence-corrected chi connectivity index (χ3v) is 5.85. The van der Waals surface area contributed by atoms with Crippen molar-refractivity contribution in [2.45, 2.75) is 43.1 Å². The highest BCUT2D eigenvalue weighted by Crippen LogP contribution is 2.32. The average Bonchev–Trinajstić information content (AvgIpc) is 3.29. The van der Waals surface area contributed by atoms with Gasteiger partial charge in [0.25, 0.3) is 0 Å². The number of aliphatic hydroxyl groups excluding tert-OH is 1. The van der Waals surface area contributed by atoms with Gasteiger partial charge in [0.15, 0.2) is 5.82 Å². The molecule has 0 aliphatic carbocycles. The third-order valence-electron chi connectivity index (χ3n) is 4.96. The molecule has 1 amide bonds. The Balaban J connectivity index is 1.54. The zero-order valence-electron chi connectivity index (χ0n) is 16.9. The van der Waals surface area contributed by atoms with Crippen molar-refractivity contribution in [3.63, 3.8) is 0 Å². The molecule has 31 heavy (non-hydrogen) atoms. The number of aliphatic hydroxyl groups is 1. The quantitative estimate of drug-likeness (QED) is 0.428. The number of hydrogen-bond donors (Lipinski definition) is 2. The van der Waals surface area contributed by atoms with Crippen LogP contribution in [-0.4, -0.2) is 61.0 Å². The number of carbonyl (C=O) groups excluding carboxylic acids is 1. The lowest BCUT2D eigenvalue weighted by Crippen LogP contribution is -2.43. The van der Waals surface area contributed by atoms with Crippen molar-refractivity contribution < 1.29 is 18.7 Å². The molecule has 1 aromatic heterocycles. The molecule has 1 fully saturated rings. The normalized spacial score (nSPS) is 18.9. The number of H-pyrrole nitrogens is 1. The van der Waals surface area contributed by atoms with Crippen LogP contribution in [0.1, 0.15) is 30.7 Å². The number of hydrogen-bond acceptors (Lipinski definition) is 6. The molecule has 2 atom stereocenters. The standard InChI is InChI=1S/C21H25F2N5O2S/c22-21(23,16-7-2-1-3-8-16)18(29)12-11-17-9-6-10-20(30)28(17)13-4-5-14-31-15-19-24-26-27-25-19/h1-5,7-8,11-12,17-18,29H,6,9-10,13-15H2,(H,24,25,26,27)/b5-4+,12-11+. The van der Waals surface area contributed by atoms with Crippen molar-refractivity contribution in [1.29, 1.82) is 0 Å². The minimum atomic E-state index is -3.41. The van der Waals surface area contributed by atoms with Gasteiger partial charge in [-0.3, -0.25) is 4.79 Å². The largest absolute Gasteiger partial charge is 0.382 e. The maximum absolute atomic E-state index is 14.5. The van der Waals surface area contributed by atoms with Crippen LogP contribution in [0.3, 0.4) is 0 Å². The molecular weight excluding hydrogens is 424 g/mol. The number of likely N-dealkylation sites (tertiary alicyclic amines) is 1. The SMILES string of the molecule is O=C1CCCC(/C=C/C(O)C(F)(F)c2ccccc2)N1C/C=C/CSCc1nn[nH]n1. The van der Waals surface area contributed by atoms with E-state index in [0.29, 0.717) is 37.4 Å². The summed E-state index contributed by atoms with van der Waals surface area (Å²) >= 11 is 1.61. The summed E-state index contributed by atoms with van der Waals surface area (Å²) in [5.74, 6) is -1.45. The second-order valence-electron chi connectivity index (χ2n) is 7.14. The minimum Gasteiger partial charge on any atom is -0.382 e. The summed E-state index contributed by atoms with van der Waals surface area (Å²) < 4.78 is 29.0. The number of halogens is 2. The number of benzene rings is 1. The Labute approximate surface area is 183 Å². The maximum Gasteiger partial charge on any atom is 0.302 e. The monoisotopic (exact) mass is 449 g/mol. The Bertz CT molecular complexity index is 877. The van der Waals surface area contributed by atoms with Crippen molar-refractivity contribution in [3.8, 4) is 0 Å². The fourth-order valence-corrected chi connectivity index (χ4v) is 3.98. The van der Waals surface area contributed by atoms with Gasteiger partial charge in [0.2, 0.25) is 5.91 Å². The Morgan fingerprint density at radius 3 is 2.87 bits per heavy atom. The van der Waals surface area contributed by atoms with Gasteiger partial charge in [-0.1, -0.05) is 59.8 Å². The molecule has 10 heteroatoms. The molecule has 2 aromatic rings. The van der Waals surface area contributed by atoms with Gasteiger partial charge in [0, 0.05) is 24.3 Å². The summed E-state index contributed by atoms with van der Waals surface area (Å²) in [5, 5.41) is 23.7. The highest BCUT2D eigenvalue weighted by molar-refractivity contribution is 7.98. The molecule has 1 saturated heterocycles. The van der Waals surface area contributed by atoms with E-state index in [0.717, 1.165) is 11.8 Å². The molecule has 2 unspecified atom stereocenters. The number of amides is 1. The number of alkyl halides is 2. The molecule has 2 heterocycles. The first-order valence-electron chi connectivity index (χ1n) is 10.0. The lowest BCUT2D eigenvalue weighted by atomic mass is 9.98. The molecule has 1 aliphatic heterocycles. The van der Waals surface area contributed by atoms with Gasteiger partial charge in [-0.05, 0) is 12.8 Å². The van der Waals surface area contributed by atoms with Crippen molar-refractivity contribution >= 4 is 17.7 Å². The number of rotatable bonds is 10. The summed E-state index contributed by atoms with van der Waals surface area (Å²) in [6, 6.07) is 6.91. The minimum absolute atomic E-state index is 0.0192. The second kappa shape index (κ2) is 11.1. The predicted octanol–water partition coefficient (Wildman–Crippen LogP) is 3.08. The topological polar surface area (TPSA) is 95.0 Å². The van der Waals surface area contributed by atoms with E-state index in [1.54, 1.807) is 22.7 Å². The van der Waals surface area contributed by atoms with E-state index in [4.69, 9.17) is 0 Å². The second-order valence-corrected chi connectivity index (χ2v) is 8.17. The molecular formula is C21H25F2N5O2S. The summed E-state index contributed by atoms with van der Waals surface area (Å²) in [4.78, 5) is 14.0. The van der Waals surface area contributed by atoms with E-state index in [9.17, 15) is 18.7 Å². The number of aromatic nitrogens is 4. The van der Waals surface area contributed by atoms with Crippen molar-refractivity contribution in [1.82, 2.24) is 25.5 Å². The summed E-state index contributed by atoms with van der Waals surface area (Å²) in [5.41, 5.74) is -0.245. The lowest BCUT2D eigenvalue weighted by molar-refractivity contribution is -0.134. The van der Waals surface area contributed by atoms with Gasteiger partial charge in [-0.25, -0.2) is 0 Å². The molecule has 1 aromatic carbocycles. The lowest BCUT2D eigenvalue weighted by Gasteiger charge is -2.33. The molecule has 0 radical (unpaired) electrons. The number of carbonyl (C=O) groups is 1. The van der Waals surface area contributed by atoms with Crippen molar-refractivity contribution in [2.75, 3.05) is 12.3 Å². The zero-order valence-corrected chi connectivity index (χ0v) is 17.7. The van der Waals surface area contributed by atoms with Gasteiger partial charge in [-0.2, -0.15) is 14.0 Å². The van der Waals surface area contributed by atoms with Crippen LogP contribution in [0.2, 0.25) is 0 Å². The van der Waals surface area contributed by atoms with E-state index in [2.05, 4.69) is 20.6 Å². The van der Waals surface area contributed by atoms with Crippen molar-refractivity contribution in [3.05, 3.63) is 66.0 Å². The van der Waals surface area contributed by atoms with Crippen LogP contribution < -0.4 is 0 Å². The van der Waals surface area contributed by atoms with Crippen LogP contribution in [0, 0.1) is 0 Å². The summed E-state index contributed by atoms with van der Waals surface area (Å²) in [6.07, 6.45) is 6.31. The number of tetrazole rings is 1. The Morgan fingerprint density at radius 1 is 1.32 bits per heavy atom. The van der Waals surface area contributed by atoms with E-state index < -0.39 is 12.0 Å². The van der Waals surface area contributed by atoms with Gasteiger partial charge in [0.05, 0.1) is 11.8 Å². The van der Waals surface area contributed by atoms with Crippen LogP contribution in [0.15, 0.2) is 54.6 Å². The summed E-state index contributed by atoms with van der Waals surface area (Å²) in [6.45, 7) is 0.391. The molecule has 3 rings (SSSR count). The number of nitrogens with zero attached hydrogens (tertiary/aromatic N) is 4. The van der Waals surface area contributed by atoms with Crippen molar-refractivity contribution in [2.24, 2.45) is 0 Å². The predicted molar refractivity (Wildman–Crippen MR) is 114 cm³/mol. The molecule has 1 aliphatic rings. The van der Waals surface area contributed by atoms with E-state index in [1.165, 1.54) is 30.3 Å². The van der Waals surface area contributed by atoms with Crippen LogP contribution >= 0.6 is 11.8 Å². The number of nitrogens with one attached hydrogen (secondary N) is 1. The van der Waals surface area contributed by atoms with Gasteiger partial charge >= 0.3 is 5.92 Å². The van der Waals surface area contributed by atoms with Crippen LogP contribution in [-0.2, 0) is 16.5 Å². The van der Waals surface area contributed by atoms with E-state index in [-0.39, 0.29) is 17.5 Å². The zero-order chi connectivity index (χ0) is 22.1. The highest BCUT2D eigenvalue weighted by Gasteiger charge is 2.39. The van der Waals surface area contributed by atoms with Gasteiger partial charge in [0.1, 0.15) is 6.10 Å². The van der Waals surface area contributed by atoms with Crippen LogP contribution in [0.4, 0.5) is 8.78 Å². The first-order valence-corrected chi connectivity index (χ1v) is 11.2. The molecule has 0 bridgehead atoms.